The van der Waals surface area contributed by atoms with Gasteiger partial charge in [-0.05, 0) is 37.0 Å². The van der Waals surface area contributed by atoms with E-state index in [9.17, 15) is 22.8 Å². The highest BCUT2D eigenvalue weighted by Gasteiger charge is 2.38. The third-order valence-corrected chi connectivity index (χ3v) is 6.38. The molecule has 1 aromatic carbocycles. The number of rotatable bonds is 10. The summed E-state index contributed by atoms with van der Waals surface area (Å²) in [5.41, 5.74) is 2.01. The molecule has 0 atom stereocenters. The maximum absolute atomic E-state index is 12.7. The topological polar surface area (TPSA) is 166 Å². The zero-order valence-corrected chi connectivity index (χ0v) is 23.9. The van der Waals surface area contributed by atoms with E-state index < -0.39 is 12.1 Å². The number of anilines is 4. The van der Waals surface area contributed by atoms with Crippen LogP contribution in [0.25, 0.3) is 11.4 Å². The lowest BCUT2D eigenvalue weighted by molar-refractivity contribution is -0.192. The van der Waals surface area contributed by atoms with Crippen molar-refractivity contribution in [2.24, 2.45) is 13.0 Å². The molecule has 232 valence electrons. The number of pyridine rings is 1. The number of Topliss-reactive ketones (excluding diaryl/α,β-unsaturated/α-hetero) is 1. The van der Waals surface area contributed by atoms with Gasteiger partial charge in [-0.1, -0.05) is 13.0 Å². The Morgan fingerprint density at radius 1 is 1.11 bits per heavy atom. The number of para-hydroxylation sites is 1. The van der Waals surface area contributed by atoms with Crippen LogP contribution in [0.2, 0.25) is 0 Å². The molecule has 13 nitrogen and oxygen atoms in total. The van der Waals surface area contributed by atoms with Gasteiger partial charge in [0, 0.05) is 38.5 Å². The summed E-state index contributed by atoms with van der Waals surface area (Å²) in [6.45, 7) is 2.49. The Kier molecular flexibility index (Phi) is 9.60. The lowest BCUT2D eigenvalue weighted by atomic mass is 10.1. The van der Waals surface area contributed by atoms with Crippen LogP contribution in [0.3, 0.4) is 0 Å². The molecule has 1 saturated carbocycles. The molecule has 0 spiro atoms. The van der Waals surface area contributed by atoms with Gasteiger partial charge in [-0.2, -0.15) is 23.3 Å². The number of aryl methyl sites for hydroxylation is 1. The molecule has 0 unspecified atom stereocenters. The molecule has 1 aliphatic carbocycles. The summed E-state index contributed by atoms with van der Waals surface area (Å²) < 4.78 is 40.7. The van der Waals surface area contributed by atoms with Gasteiger partial charge in [0.15, 0.2) is 17.4 Å². The number of carbonyl (C=O) groups is 2. The summed E-state index contributed by atoms with van der Waals surface area (Å²) in [6, 6.07) is 9.04. The minimum absolute atomic E-state index is 0.0659. The molecule has 0 bridgehead atoms. The van der Waals surface area contributed by atoms with Crippen LogP contribution < -0.4 is 21.1 Å². The number of aromatic nitrogens is 6. The molecule has 0 radical (unpaired) electrons. The van der Waals surface area contributed by atoms with Gasteiger partial charge >= 0.3 is 17.8 Å². The maximum Gasteiger partial charge on any atom is 0.490 e. The van der Waals surface area contributed by atoms with Crippen LogP contribution in [0, 0.1) is 5.92 Å². The number of ether oxygens (including phenoxy) is 1. The monoisotopic (exact) mass is 614 g/mol. The average Bonchev–Trinajstić information content (AvgIpc) is 3.70. The van der Waals surface area contributed by atoms with Crippen molar-refractivity contribution in [2.75, 3.05) is 17.7 Å². The van der Waals surface area contributed by atoms with E-state index in [1.165, 1.54) is 6.20 Å². The van der Waals surface area contributed by atoms with E-state index in [1.807, 2.05) is 18.2 Å². The van der Waals surface area contributed by atoms with E-state index in [0.717, 1.165) is 12.8 Å². The van der Waals surface area contributed by atoms with Gasteiger partial charge in [0.05, 0.1) is 29.6 Å². The van der Waals surface area contributed by atoms with Crippen LogP contribution in [0.1, 0.15) is 36.5 Å². The number of aliphatic carboxylic acids is 1. The standard InChI is InChI=1S/C26H28N8O3.C2HF3O2/c1-4-21(35)18-13-27-23(30-22-10-11-34(26(36)31-22)14-16-8-9-16)12-20(18)29-19-7-5-6-17(24(19)37-3)25-28-15-33(2)32-25;3-2(4,5)1(6)7/h5-7,10-13,15-16H,4,8-9,14H2,1-3H3,(H2,27,29,30,31,36);(H,6,7). The first kappa shape index (κ1) is 31.7. The second-order valence-electron chi connectivity index (χ2n) is 9.76. The molecule has 5 rings (SSSR count). The van der Waals surface area contributed by atoms with E-state index in [2.05, 4.69) is 30.7 Å². The van der Waals surface area contributed by atoms with Crippen molar-refractivity contribution >= 4 is 34.8 Å². The summed E-state index contributed by atoms with van der Waals surface area (Å²) >= 11 is 0. The number of ketones is 1. The third kappa shape index (κ3) is 7.96. The van der Waals surface area contributed by atoms with E-state index in [0.29, 0.717) is 64.6 Å². The maximum atomic E-state index is 12.7. The SMILES string of the molecule is CCC(=O)c1cnc(Nc2ccn(CC3CC3)c(=O)n2)cc1Nc1cccc(-c2ncn(C)n2)c1OC.O=C(O)C(F)(F)F. The highest BCUT2D eigenvalue weighted by Crippen LogP contribution is 2.37. The Morgan fingerprint density at radius 2 is 1.84 bits per heavy atom. The molecular weight excluding hydrogens is 585 g/mol. The molecule has 3 heterocycles. The zero-order valence-electron chi connectivity index (χ0n) is 23.9. The van der Waals surface area contributed by atoms with Gasteiger partial charge < -0.3 is 20.5 Å². The fraction of sp³-hybridized carbons (Fsp3) is 0.321. The van der Waals surface area contributed by atoms with Crippen LogP contribution >= 0.6 is 0 Å². The largest absolute Gasteiger partial charge is 0.494 e. The molecule has 16 heteroatoms. The Labute approximate surface area is 248 Å². The summed E-state index contributed by atoms with van der Waals surface area (Å²) in [4.78, 5) is 46.9. The number of benzene rings is 1. The van der Waals surface area contributed by atoms with E-state index >= 15 is 0 Å². The lowest BCUT2D eigenvalue weighted by Gasteiger charge is -2.17. The van der Waals surface area contributed by atoms with E-state index in [1.54, 1.807) is 55.0 Å². The van der Waals surface area contributed by atoms with E-state index in [-0.39, 0.29) is 11.5 Å². The van der Waals surface area contributed by atoms with E-state index in [4.69, 9.17) is 14.6 Å². The van der Waals surface area contributed by atoms with Gasteiger partial charge in [-0.25, -0.2) is 19.6 Å². The first-order valence-corrected chi connectivity index (χ1v) is 13.4. The Morgan fingerprint density at radius 3 is 2.41 bits per heavy atom. The zero-order chi connectivity index (χ0) is 32.0. The number of nitrogens with one attached hydrogen (secondary N) is 2. The molecule has 0 amide bonds. The summed E-state index contributed by atoms with van der Waals surface area (Å²) in [7, 11) is 3.37. The second kappa shape index (κ2) is 13.4. The van der Waals surface area contributed by atoms with Crippen LogP contribution in [-0.4, -0.2) is 59.4 Å². The van der Waals surface area contributed by atoms with Crippen molar-refractivity contribution < 1.29 is 32.6 Å². The number of hydrogen-bond donors (Lipinski definition) is 3. The van der Waals surface area contributed by atoms with Crippen molar-refractivity contribution in [1.29, 1.82) is 0 Å². The van der Waals surface area contributed by atoms with Crippen LogP contribution in [0.5, 0.6) is 5.75 Å². The molecule has 1 fully saturated rings. The van der Waals surface area contributed by atoms with Crippen molar-refractivity contribution in [3.05, 3.63) is 65.1 Å². The quantitative estimate of drug-likeness (QED) is 0.214. The minimum atomic E-state index is -5.08. The fourth-order valence-corrected chi connectivity index (χ4v) is 4.03. The summed E-state index contributed by atoms with van der Waals surface area (Å²) in [6.07, 6.45) is 2.42. The predicted octanol–water partition coefficient (Wildman–Crippen LogP) is 4.57. The highest BCUT2D eigenvalue weighted by molar-refractivity contribution is 6.02. The number of hydrogen-bond acceptors (Lipinski definition) is 10. The molecule has 0 aliphatic heterocycles. The van der Waals surface area contributed by atoms with Crippen molar-refractivity contribution in [3.63, 3.8) is 0 Å². The van der Waals surface area contributed by atoms with Crippen LogP contribution in [-0.2, 0) is 18.4 Å². The number of nitrogens with zero attached hydrogens (tertiary/aromatic N) is 6. The normalized spacial score (nSPS) is 12.6. The minimum Gasteiger partial charge on any atom is -0.494 e. The van der Waals surface area contributed by atoms with Gasteiger partial charge in [-0.3, -0.25) is 14.0 Å². The molecular formula is C28H29F3N8O5. The van der Waals surface area contributed by atoms with Crippen molar-refractivity contribution in [3.8, 4) is 17.1 Å². The van der Waals surface area contributed by atoms with Crippen LogP contribution in [0.15, 0.2) is 53.8 Å². The average molecular weight is 615 g/mol. The molecule has 1 aliphatic rings. The Balaban J connectivity index is 0.000000566. The Hall–Kier alpha value is -5.28. The number of alkyl halides is 3. The first-order chi connectivity index (χ1) is 20.9. The number of halogens is 3. The summed E-state index contributed by atoms with van der Waals surface area (Å²) in [5.74, 6) is -0.379. The summed E-state index contributed by atoms with van der Waals surface area (Å²) in [5, 5.41) is 17.9. The van der Waals surface area contributed by atoms with Gasteiger partial charge in [0.2, 0.25) is 0 Å². The first-order valence-electron chi connectivity index (χ1n) is 13.4. The number of methoxy groups -OCH3 is 1. The van der Waals surface area contributed by atoms with Crippen molar-refractivity contribution in [1.82, 2.24) is 29.3 Å². The van der Waals surface area contributed by atoms with Gasteiger partial charge in [-0.15, -0.1) is 0 Å². The molecule has 0 saturated heterocycles. The number of carboxylic acids is 1. The molecule has 3 N–H and O–H groups in total. The molecule has 44 heavy (non-hydrogen) atoms. The molecule has 3 aromatic heterocycles. The Bertz CT molecular complexity index is 1720. The predicted molar refractivity (Wildman–Crippen MR) is 153 cm³/mol. The van der Waals surface area contributed by atoms with Crippen LogP contribution in [0.4, 0.5) is 36.2 Å². The smallest absolute Gasteiger partial charge is 0.490 e. The van der Waals surface area contributed by atoms with Gasteiger partial charge in [0.25, 0.3) is 0 Å². The van der Waals surface area contributed by atoms with Gasteiger partial charge in [0.1, 0.15) is 18.0 Å². The fourth-order valence-electron chi connectivity index (χ4n) is 4.03. The highest BCUT2D eigenvalue weighted by atomic mass is 19.4. The second-order valence-corrected chi connectivity index (χ2v) is 9.76. The number of carboxylic acid groups (broad SMARTS) is 1. The molecule has 4 aromatic rings. The third-order valence-electron chi connectivity index (χ3n) is 6.38. The number of carbonyl (C=O) groups excluding carboxylic acids is 1. The lowest BCUT2D eigenvalue weighted by Crippen LogP contribution is -2.23. The van der Waals surface area contributed by atoms with Crippen molar-refractivity contribution in [2.45, 2.75) is 38.9 Å².